The average Bonchev–Trinajstić information content (AvgIpc) is 3.25. The molecule has 0 saturated heterocycles. The lowest BCUT2D eigenvalue weighted by Gasteiger charge is -2.11. The Bertz CT molecular complexity index is 1410. The minimum absolute atomic E-state index is 0.0115. The van der Waals surface area contributed by atoms with Crippen LogP contribution in [0.5, 0.6) is 0 Å². The fraction of sp³-hybridized carbons (Fsp3) is 0.174. The summed E-state index contributed by atoms with van der Waals surface area (Å²) in [5.41, 5.74) is 2.70. The van der Waals surface area contributed by atoms with Gasteiger partial charge in [-0.05, 0) is 48.4 Å². The zero-order valence-electron chi connectivity index (χ0n) is 18.2. The summed E-state index contributed by atoms with van der Waals surface area (Å²) in [6.07, 6.45) is 3.17. The van der Waals surface area contributed by atoms with Gasteiger partial charge in [-0.25, -0.2) is 27.9 Å². The zero-order valence-corrected chi connectivity index (χ0v) is 21.4. The fourth-order valence-electron chi connectivity index (χ4n) is 3.26. The molecule has 4 aromatic rings. The van der Waals surface area contributed by atoms with Gasteiger partial charge in [-0.2, -0.15) is 0 Å². The van der Waals surface area contributed by atoms with Crippen molar-refractivity contribution in [2.45, 2.75) is 24.7 Å². The second-order valence-corrected chi connectivity index (χ2v) is 10.9. The highest BCUT2D eigenvalue weighted by Crippen LogP contribution is 2.37. The lowest BCUT2D eigenvalue weighted by Crippen LogP contribution is -2.39. The summed E-state index contributed by atoms with van der Waals surface area (Å²) in [5.74, 6) is 0.619. The number of unbranched alkanes of at least 4 members (excludes halogenated alkanes) is 1. The number of urea groups is 1. The first-order chi connectivity index (χ1) is 16.4. The minimum atomic E-state index is -3.98. The molecule has 0 aliphatic carbocycles. The van der Waals surface area contributed by atoms with E-state index in [1.165, 1.54) is 29.8 Å². The third-order valence-electron chi connectivity index (χ3n) is 5.00. The first-order valence-corrected chi connectivity index (χ1v) is 13.7. The normalized spacial score (nSPS) is 11.4. The lowest BCUT2D eigenvalue weighted by atomic mass is 10.1. The van der Waals surface area contributed by atoms with E-state index in [1.54, 1.807) is 12.1 Å². The van der Waals surface area contributed by atoms with Crippen molar-refractivity contribution in [1.82, 2.24) is 20.0 Å². The SMILES string of the molecule is CCCCNC(=O)NS(=O)(=O)c1ccc(Nc2ncnc3scc(-c4ccc(Br)cc4)c23)cc1. The number of fused-ring (bicyclic) bond motifs is 1. The largest absolute Gasteiger partial charge is 0.340 e. The van der Waals surface area contributed by atoms with Gasteiger partial charge in [0, 0.05) is 27.6 Å². The highest BCUT2D eigenvalue weighted by molar-refractivity contribution is 9.10. The van der Waals surface area contributed by atoms with Gasteiger partial charge < -0.3 is 10.6 Å². The van der Waals surface area contributed by atoms with Gasteiger partial charge in [0.25, 0.3) is 10.0 Å². The van der Waals surface area contributed by atoms with Crippen LogP contribution in [0.15, 0.2) is 69.6 Å². The van der Waals surface area contributed by atoms with Crippen LogP contribution in [0.25, 0.3) is 21.3 Å². The smallest absolute Gasteiger partial charge is 0.328 e. The Labute approximate surface area is 210 Å². The summed E-state index contributed by atoms with van der Waals surface area (Å²) in [6.45, 7) is 2.40. The Morgan fingerprint density at radius 1 is 1.06 bits per heavy atom. The van der Waals surface area contributed by atoms with E-state index < -0.39 is 16.1 Å². The standard InChI is InChI=1S/C23H22BrN5O3S2/c1-2-3-12-25-23(30)29-34(31,32)18-10-8-17(9-11-18)28-21-20-19(13-33-22(20)27-14-26-21)15-4-6-16(24)7-5-15/h4-11,13-14H,2-3,12H2,1H3,(H2,25,29,30)(H,26,27,28). The molecule has 0 atom stereocenters. The van der Waals surface area contributed by atoms with Crippen molar-refractivity contribution in [2.75, 3.05) is 11.9 Å². The van der Waals surface area contributed by atoms with Crippen molar-refractivity contribution < 1.29 is 13.2 Å². The van der Waals surface area contributed by atoms with Crippen molar-refractivity contribution in [3.05, 3.63) is 64.7 Å². The van der Waals surface area contributed by atoms with E-state index in [0.29, 0.717) is 18.1 Å². The molecule has 0 radical (unpaired) electrons. The van der Waals surface area contributed by atoms with Crippen molar-refractivity contribution in [1.29, 1.82) is 0 Å². The zero-order chi connectivity index (χ0) is 24.1. The van der Waals surface area contributed by atoms with Gasteiger partial charge in [-0.1, -0.05) is 41.4 Å². The topological polar surface area (TPSA) is 113 Å². The third kappa shape index (κ3) is 5.54. The number of carbonyl (C=O) groups excluding carboxylic acids is 1. The summed E-state index contributed by atoms with van der Waals surface area (Å²) in [4.78, 5) is 21.5. The summed E-state index contributed by atoms with van der Waals surface area (Å²) < 4.78 is 28.0. The maximum atomic E-state index is 12.5. The molecule has 0 spiro atoms. The molecule has 0 saturated carbocycles. The molecule has 2 aromatic heterocycles. The van der Waals surface area contributed by atoms with Crippen LogP contribution in [0.1, 0.15) is 19.8 Å². The lowest BCUT2D eigenvalue weighted by molar-refractivity contribution is 0.245. The number of nitrogens with one attached hydrogen (secondary N) is 3. The highest BCUT2D eigenvalue weighted by Gasteiger charge is 2.18. The number of anilines is 2. The van der Waals surface area contributed by atoms with Crippen molar-refractivity contribution in [3.8, 4) is 11.1 Å². The van der Waals surface area contributed by atoms with E-state index in [-0.39, 0.29) is 4.90 Å². The predicted molar refractivity (Wildman–Crippen MR) is 139 cm³/mol. The minimum Gasteiger partial charge on any atom is -0.340 e. The maximum Gasteiger partial charge on any atom is 0.328 e. The molecule has 34 heavy (non-hydrogen) atoms. The van der Waals surface area contributed by atoms with Gasteiger partial charge in [0.15, 0.2) is 0 Å². The monoisotopic (exact) mass is 559 g/mol. The second-order valence-electron chi connectivity index (χ2n) is 7.42. The molecule has 0 bridgehead atoms. The van der Waals surface area contributed by atoms with Gasteiger partial charge in [0.2, 0.25) is 0 Å². The Morgan fingerprint density at radius 2 is 1.79 bits per heavy atom. The molecule has 0 aliphatic rings. The molecule has 4 rings (SSSR count). The number of halogens is 1. The van der Waals surface area contributed by atoms with E-state index >= 15 is 0 Å². The second kappa shape index (κ2) is 10.5. The van der Waals surface area contributed by atoms with Crippen molar-refractivity contribution >= 4 is 65.0 Å². The summed E-state index contributed by atoms with van der Waals surface area (Å²) in [7, 11) is -3.98. The number of nitrogens with zero attached hydrogens (tertiary/aromatic N) is 2. The van der Waals surface area contributed by atoms with Crippen LogP contribution >= 0.6 is 27.3 Å². The Hall–Kier alpha value is -3.02. The number of thiophene rings is 1. The molecule has 3 N–H and O–H groups in total. The molecule has 0 aliphatic heterocycles. The summed E-state index contributed by atoms with van der Waals surface area (Å²) in [6, 6.07) is 13.4. The molecule has 11 heteroatoms. The van der Waals surface area contributed by atoms with Crippen molar-refractivity contribution in [2.24, 2.45) is 0 Å². The number of sulfonamides is 1. The quantitative estimate of drug-likeness (QED) is 0.240. The Balaban J connectivity index is 1.55. The Kier molecular flexibility index (Phi) is 7.44. The van der Waals surface area contributed by atoms with Crippen LogP contribution in [0, 0.1) is 0 Å². The van der Waals surface area contributed by atoms with E-state index in [4.69, 9.17) is 0 Å². The molecule has 2 aromatic carbocycles. The predicted octanol–water partition coefficient (Wildman–Crippen LogP) is 5.65. The van der Waals surface area contributed by atoms with Crippen LogP contribution < -0.4 is 15.4 Å². The van der Waals surface area contributed by atoms with Crippen LogP contribution in [-0.2, 0) is 10.0 Å². The van der Waals surface area contributed by atoms with E-state index in [0.717, 1.165) is 38.7 Å². The highest BCUT2D eigenvalue weighted by atomic mass is 79.9. The fourth-order valence-corrected chi connectivity index (χ4v) is 5.37. The van der Waals surface area contributed by atoms with Gasteiger partial charge >= 0.3 is 6.03 Å². The van der Waals surface area contributed by atoms with E-state index in [1.807, 2.05) is 41.3 Å². The third-order valence-corrected chi connectivity index (χ3v) is 7.76. The molecular weight excluding hydrogens is 538 g/mol. The van der Waals surface area contributed by atoms with Crippen LogP contribution in [0.4, 0.5) is 16.3 Å². The number of rotatable bonds is 8. The average molecular weight is 560 g/mol. The van der Waals surface area contributed by atoms with E-state index in [9.17, 15) is 13.2 Å². The van der Waals surface area contributed by atoms with E-state index in [2.05, 4.69) is 36.5 Å². The van der Waals surface area contributed by atoms with Crippen LogP contribution in [0.2, 0.25) is 0 Å². The molecule has 0 fully saturated rings. The van der Waals surface area contributed by atoms with Gasteiger partial charge in [-0.15, -0.1) is 11.3 Å². The molecule has 8 nitrogen and oxygen atoms in total. The molecule has 176 valence electrons. The van der Waals surface area contributed by atoms with Gasteiger partial charge in [0.1, 0.15) is 17.0 Å². The van der Waals surface area contributed by atoms with Crippen LogP contribution in [0.3, 0.4) is 0 Å². The number of amides is 2. The number of aromatic nitrogens is 2. The molecule has 2 amide bonds. The number of hydrogen-bond donors (Lipinski definition) is 3. The van der Waals surface area contributed by atoms with Crippen LogP contribution in [-0.4, -0.2) is 31.0 Å². The Morgan fingerprint density at radius 3 is 2.50 bits per heavy atom. The number of hydrogen-bond acceptors (Lipinski definition) is 7. The first kappa shape index (κ1) is 24.1. The van der Waals surface area contributed by atoms with Crippen molar-refractivity contribution in [3.63, 3.8) is 0 Å². The first-order valence-electron chi connectivity index (χ1n) is 10.5. The van der Waals surface area contributed by atoms with Gasteiger partial charge in [0.05, 0.1) is 10.3 Å². The molecule has 2 heterocycles. The summed E-state index contributed by atoms with van der Waals surface area (Å²) in [5, 5.41) is 8.72. The summed E-state index contributed by atoms with van der Waals surface area (Å²) >= 11 is 4.99. The van der Waals surface area contributed by atoms with Gasteiger partial charge in [-0.3, -0.25) is 0 Å². The molecular formula is C23H22BrN5O3S2. The molecule has 0 unspecified atom stereocenters. The number of carbonyl (C=O) groups is 1. The maximum absolute atomic E-state index is 12.5. The number of benzene rings is 2.